The third-order valence-electron chi connectivity index (χ3n) is 3.94. The highest BCUT2D eigenvalue weighted by molar-refractivity contribution is 7.89. The van der Waals surface area contributed by atoms with Gasteiger partial charge in [0, 0.05) is 32.6 Å². The number of fused-ring (bicyclic) bond motifs is 1. The van der Waals surface area contributed by atoms with Crippen molar-refractivity contribution in [2.45, 2.75) is 17.9 Å². The average molecular weight is 334 g/mol. The summed E-state index contributed by atoms with van der Waals surface area (Å²) < 4.78 is 25.2. The number of nitrogens with zero attached hydrogens (tertiary/aromatic N) is 3. The normalized spacial score (nSPS) is 14.8. The highest BCUT2D eigenvalue weighted by Gasteiger charge is 2.24. The van der Waals surface area contributed by atoms with E-state index in [9.17, 15) is 13.2 Å². The number of hydrogen-bond donors (Lipinski definition) is 1. The lowest BCUT2D eigenvalue weighted by atomic mass is 10.1. The van der Waals surface area contributed by atoms with Crippen LogP contribution in [0.25, 0.3) is 0 Å². The van der Waals surface area contributed by atoms with Gasteiger partial charge in [0.25, 0.3) is 5.91 Å². The second kappa shape index (κ2) is 5.78. The number of aromatic amines is 1. The molecule has 0 aliphatic carbocycles. The maximum atomic E-state index is 12.6. The Hall–Kier alpha value is -2.19. The maximum absolute atomic E-state index is 12.6. The zero-order chi connectivity index (χ0) is 16.6. The van der Waals surface area contributed by atoms with Crippen LogP contribution in [0.4, 0.5) is 0 Å². The summed E-state index contributed by atoms with van der Waals surface area (Å²) in [7, 11) is -0.529. The van der Waals surface area contributed by atoms with Gasteiger partial charge in [-0.05, 0) is 24.3 Å². The Kier molecular flexibility index (Phi) is 3.95. The van der Waals surface area contributed by atoms with E-state index in [-0.39, 0.29) is 10.8 Å². The third-order valence-corrected chi connectivity index (χ3v) is 5.77. The minimum Gasteiger partial charge on any atom is -0.347 e. The van der Waals surface area contributed by atoms with Crippen molar-refractivity contribution in [2.24, 2.45) is 0 Å². The van der Waals surface area contributed by atoms with Crippen molar-refractivity contribution in [1.29, 1.82) is 0 Å². The fourth-order valence-electron chi connectivity index (χ4n) is 2.55. The summed E-state index contributed by atoms with van der Waals surface area (Å²) >= 11 is 0. The van der Waals surface area contributed by atoms with Gasteiger partial charge in [0.15, 0.2) is 0 Å². The van der Waals surface area contributed by atoms with E-state index in [0.717, 1.165) is 22.1 Å². The maximum Gasteiger partial charge on any atom is 0.254 e. The molecule has 1 aromatic heterocycles. The van der Waals surface area contributed by atoms with Crippen LogP contribution in [0.1, 0.15) is 21.7 Å². The molecule has 1 aromatic carbocycles. The molecule has 2 aromatic rings. The molecule has 8 heteroatoms. The van der Waals surface area contributed by atoms with Gasteiger partial charge in [-0.25, -0.2) is 17.7 Å². The number of amides is 1. The molecule has 0 bridgehead atoms. The molecule has 2 heterocycles. The molecule has 7 nitrogen and oxygen atoms in total. The highest BCUT2D eigenvalue weighted by atomic mass is 32.2. The summed E-state index contributed by atoms with van der Waals surface area (Å²) in [6.45, 7) is 1.10. The first-order valence-corrected chi connectivity index (χ1v) is 8.66. The monoisotopic (exact) mass is 334 g/mol. The second-order valence-electron chi connectivity index (χ2n) is 5.62. The quantitative estimate of drug-likeness (QED) is 0.902. The average Bonchev–Trinajstić information content (AvgIpc) is 3.01. The topological polar surface area (TPSA) is 86.4 Å². The van der Waals surface area contributed by atoms with Crippen LogP contribution in [0.3, 0.4) is 0 Å². The Morgan fingerprint density at radius 1 is 1.26 bits per heavy atom. The molecule has 1 amide bonds. The van der Waals surface area contributed by atoms with E-state index in [2.05, 4.69) is 9.97 Å². The van der Waals surface area contributed by atoms with E-state index in [0.29, 0.717) is 18.7 Å². The molecular formula is C15H18N4O3S. The summed E-state index contributed by atoms with van der Waals surface area (Å²) in [4.78, 5) is 21.7. The highest BCUT2D eigenvalue weighted by Crippen LogP contribution is 2.19. The fraction of sp³-hybridized carbons (Fsp3) is 0.333. The Labute approximate surface area is 135 Å². The SMILES string of the molecule is CN(C)S(=O)(=O)c1ccc(C(=O)N2CCc3nc[nH]c3C2)cc1. The predicted octanol–water partition coefficient (Wildman–Crippen LogP) is 0.858. The number of nitrogens with one attached hydrogen (secondary N) is 1. The van der Waals surface area contributed by atoms with E-state index < -0.39 is 10.0 Å². The zero-order valence-corrected chi connectivity index (χ0v) is 13.8. The van der Waals surface area contributed by atoms with E-state index in [1.54, 1.807) is 23.4 Å². The van der Waals surface area contributed by atoms with Gasteiger partial charge in [0.05, 0.1) is 29.2 Å². The van der Waals surface area contributed by atoms with Crippen molar-refractivity contribution in [3.05, 3.63) is 47.5 Å². The molecule has 0 fully saturated rings. The van der Waals surface area contributed by atoms with Crippen LogP contribution >= 0.6 is 0 Å². The van der Waals surface area contributed by atoms with Crippen LogP contribution in [0.2, 0.25) is 0 Å². The van der Waals surface area contributed by atoms with Crippen LogP contribution < -0.4 is 0 Å². The van der Waals surface area contributed by atoms with Gasteiger partial charge < -0.3 is 9.88 Å². The number of benzene rings is 1. The van der Waals surface area contributed by atoms with E-state index in [1.807, 2.05) is 0 Å². The summed E-state index contributed by atoms with van der Waals surface area (Å²) in [5.74, 6) is -0.112. The summed E-state index contributed by atoms with van der Waals surface area (Å²) in [6, 6.07) is 6.05. The first kappa shape index (κ1) is 15.7. The van der Waals surface area contributed by atoms with Crippen molar-refractivity contribution >= 4 is 15.9 Å². The van der Waals surface area contributed by atoms with Gasteiger partial charge in [-0.15, -0.1) is 0 Å². The number of aromatic nitrogens is 2. The molecule has 23 heavy (non-hydrogen) atoms. The molecule has 0 unspecified atom stereocenters. The van der Waals surface area contributed by atoms with Crippen molar-refractivity contribution in [3.8, 4) is 0 Å². The molecule has 0 spiro atoms. The molecule has 0 radical (unpaired) electrons. The summed E-state index contributed by atoms with van der Waals surface area (Å²) in [5, 5.41) is 0. The number of hydrogen-bond acceptors (Lipinski definition) is 4. The van der Waals surface area contributed by atoms with Crippen LogP contribution in [-0.2, 0) is 23.0 Å². The second-order valence-corrected chi connectivity index (χ2v) is 7.77. The Balaban J connectivity index is 1.79. The summed E-state index contributed by atoms with van der Waals surface area (Å²) in [5.41, 5.74) is 2.43. The van der Waals surface area contributed by atoms with E-state index >= 15 is 0 Å². The smallest absolute Gasteiger partial charge is 0.254 e. The van der Waals surface area contributed by atoms with Crippen molar-refractivity contribution in [2.75, 3.05) is 20.6 Å². The van der Waals surface area contributed by atoms with Gasteiger partial charge in [-0.1, -0.05) is 0 Å². The molecule has 3 rings (SSSR count). The third kappa shape index (κ3) is 2.87. The lowest BCUT2D eigenvalue weighted by Gasteiger charge is -2.26. The van der Waals surface area contributed by atoms with Crippen LogP contribution in [0.5, 0.6) is 0 Å². The van der Waals surface area contributed by atoms with Crippen molar-refractivity contribution in [3.63, 3.8) is 0 Å². The van der Waals surface area contributed by atoms with Gasteiger partial charge in [0.2, 0.25) is 10.0 Å². The first-order valence-electron chi connectivity index (χ1n) is 7.22. The van der Waals surface area contributed by atoms with E-state index in [1.165, 1.54) is 26.2 Å². The molecular weight excluding hydrogens is 316 g/mol. The van der Waals surface area contributed by atoms with E-state index in [4.69, 9.17) is 0 Å². The van der Waals surface area contributed by atoms with Crippen LogP contribution in [0.15, 0.2) is 35.5 Å². The standard InChI is InChI=1S/C15H18N4O3S/c1-18(2)23(21,22)12-5-3-11(4-6-12)15(20)19-8-7-13-14(9-19)17-10-16-13/h3-6,10H,7-9H2,1-2H3,(H,16,17). The minimum absolute atomic E-state index is 0.112. The van der Waals surface area contributed by atoms with Gasteiger partial charge in [-0.3, -0.25) is 4.79 Å². The number of carbonyl (C=O) groups is 1. The van der Waals surface area contributed by atoms with Gasteiger partial charge >= 0.3 is 0 Å². The molecule has 1 N–H and O–H groups in total. The Morgan fingerprint density at radius 2 is 1.96 bits per heavy atom. The fourth-order valence-corrected chi connectivity index (χ4v) is 3.45. The number of sulfonamides is 1. The molecule has 0 atom stereocenters. The Morgan fingerprint density at radius 3 is 2.61 bits per heavy atom. The summed E-state index contributed by atoms with van der Waals surface area (Å²) in [6.07, 6.45) is 2.36. The van der Waals surface area contributed by atoms with Crippen LogP contribution in [0, 0.1) is 0 Å². The number of imidazole rings is 1. The molecule has 0 saturated carbocycles. The molecule has 122 valence electrons. The van der Waals surface area contributed by atoms with Gasteiger partial charge in [0.1, 0.15) is 0 Å². The van der Waals surface area contributed by atoms with Crippen LogP contribution in [-0.4, -0.2) is 54.1 Å². The lowest BCUT2D eigenvalue weighted by molar-refractivity contribution is 0.0732. The van der Waals surface area contributed by atoms with Gasteiger partial charge in [-0.2, -0.15) is 0 Å². The number of rotatable bonds is 3. The largest absolute Gasteiger partial charge is 0.347 e. The van der Waals surface area contributed by atoms with Crippen molar-refractivity contribution in [1.82, 2.24) is 19.2 Å². The van der Waals surface area contributed by atoms with Crippen molar-refractivity contribution < 1.29 is 13.2 Å². The number of carbonyl (C=O) groups excluding carboxylic acids is 1. The number of H-pyrrole nitrogens is 1. The predicted molar refractivity (Wildman–Crippen MR) is 84.3 cm³/mol. The molecule has 1 aliphatic heterocycles. The lowest BCUT2D eigenvalue weighted by Crippen LogP contribution is -2.36. The minimum atomic E-state index is -3.48. The zero-order valence-electron chi connectivity index (χ0n) is 13.0. The molecule has 1 aliphatic rings. The molecule has 0 saturated heterocycles. The first-order chi connectivity index (χ1) is 10.9. The Bertz CT molecular complexity index is 825.